The minimum absolute atomic E-state index is 0.115. The SMILES string of the molecule is Cn1nccc1C1CCCCN1C(=O)COC1CCNCC1. The van der Waals surface area contributed by atoms with Gasteiger partial charge in [-0.3, -0.25) is 9.48 Å². The van der Waals surface area contributed by atoms with E-state index in [-0.39, 0.29) is 24.7 Å². The first kappa shape index (κ1) is 15.5. The molecule has 0 bridgehead atoms. The topological polar surface area (TPSA) is 59.4 Å². The highest BCUT2D eigenvalue weighted by atomic mass is 16.5. The number of nitrogens with one attached hydrogen (secondary N) is 1. The Morgan fingerprint density at radius 3 is 2.91 bits per heavy atom. The summed E-state index contributed by atoms with van der Waals surface area (Å²) >= 11 is 0. The number of hydrogen-bond acceptors (Lipinski definition) is 4. The molecule has 0 saturated carbocycles. The van der Waals surface area contributed by atoms with Crippen molar-refractivity contribution in [1.82, 2.24) is 20.0 Å². The van der Waals surface area contributed by atoms with Gasteiger partial charge in [-0.05, 0) is 51.3 Å². The third-order valence-corrected chi connectivity index (χ3v) is 4.75. The van der Waals surface area contributed by atoms with Crippen LogP contribution in [0.2, 0.25) is 0 Å². The van der Waals surface area contributed by atoms with Crippen molar-refractivity contribution >= 4 is 5.91 Å². The number of likely N-dealkylation sites (tertiary alicyclic amines) is 1. The molecular weight excluding hydrogens is 280 g/mol. The van der Waals surface area contributed by atoms with Crippen molar-refractivity contribution < 1.29 is 9.53 Å². The van der Waals surface area contributed by atoms with Crippen LogP contribution in [-0.2, 0) is 16.6 Å². The molecule has 2 aliphatic heterocycles. The van der Waals surface area contributed by atoms with Gasteiger partial charge in [0.25, 0.3) is 0 Å². The minimum atomic E-state index is 0.115. The van der Waals surface area contributed by atoms with Gasteiger partial charge in [-0.25, -0.2) is 0 Å². The third-order valence-electron chi connectivity index (χ3n) is 4.75. The Bertz CT molecular complexity index is 496. The van der Waals surface area contributed by atoms with Crippen LogP contribution in [0.4, 0.5) is 0 Å². The van der Waals surface area contributed by atoms with E-state index in [1.54, 1.807) is 6.20 Å². The first-order valence-electron chi connectivity index (χ1n) is 8.35. The lowest BCUT2D eigenvalue weighted by atomic mass is 9.99. The molecule has 22 heavy (non-hydrogen) atoms. The molecule has 1 unspecified atom stereocenters. The number of ether oxygens (including phenoxy) is 1. The molecule has 1 atom stereocenters. The number of aryl methyl sites for hydroxylation is 1. The van der Waals surface area contributed by atoms with Gasteiger partial charge in [-0.2, -0.15) is 5.10 Å². The molecule has 1 aromatic rings. The summed E-state index contributed by atoms with van der Waals surface area (Å²) in [4.78, 5) is 14.6. The number of aromatic nitrogens is 2. The van der Waals surface area contributed by atoms with Crippen LogP contribution in [0.3, 0.4) is 0 Å². The molecule has 122 valence electrons. The van der Waals surface area contributed by atoms with Gasteiger partial charge in [-0.1, -0.05) is 0 Å². The summed E-state index contributed by atoms with van der Waals surface area (Å²) in [5.41, 5.74) is 1.12. The second kappa shape index (κ2) is 7.24. The predicted molar refractivity (Wildman–Crippen MR) is 83.4 cm³/mol. The maximum absolute atomic E-state index is 12.6. The maximum Gasteiger partial charge on any atom is 0.249 e. The number of carbonyl (C=O) groups excluding carboxylic acids is 1. The van der Waals surface area contributed by atoms with Crippen molar-refractivity contribution in [1.29, 1.82) is 0 Å². The molecule has 3 rings (SSSR count). The maximum atomic E-state index is 12.6. The lowest BCUT2D eigenvalue weighted by Gasteiger charge is -2.36. The smallest absolute Gasteiger partial charge is 0.249 e. The molecule has 2 saturated heterocycles. The first-order chi connectivity index (χ1) is 10.8. The summed E-state index contributed by atoms with van der Waals surface area (Å²) in [6, 6.07) is 2.16. The lowest BCUT2D eigenvalue weighted by molar-refractivity contribution is -0.142. The quantitative estimate of drug-likeness (QED) is 0.909. The van der Waals surface area contributed by atoms with Crippen LogP contribution in [0.25, 0.3) is 0 Å². The van der Waals surface area contributed by atoms with Gasteiger partial charge in [0.15, 0.2) is 0 Å². The third kappa shape index (κ3) is 3.50. The predicted octanol–water partition coefficient (Wildman–Crippen LogP) is 1.24. The van der Waals surface area contributed by atoms with Crippen LogP contribution in [0.1, 0.15) is 43.8 Å². The molecular formula is C16H26N4O2. The molecule has 3 heterocycles. The highest BCUT2D eigenvalue weighted by Gasteiger charge is 2.30. The first-order valence-corrected chi connectivity index (χ1v) is 8.35. The molecule has 1 N–H and O–H groups in total. The van der Waals surface area contributed by atoms with E-state index in [4.69, 9.17) is 4.74 Å². The summed E-state index contributed by atoms with van der Waals surface area (Å²) in [6.45, 7) is 3.00. The van der Waals surface area contributed by atoms with Crippen LogP contribution in [0.5, 0.6) is 0 Å². The Hall–Kier alpha value is -1.40. The van der Waals surface area contributed by atoms with E-state index in [1.165, 1.54) is 0 Å². The number of amides is 1. The molecule has 0 spiro atoms. The Morgan fingerprint density at radius 2 is 2.18 bits per heavy atom. The summed E-state index contributed by atoms with van der Waals surface area (Å²) in [7, 11) is 1.94. The molecule has 2 fully saturated rings. The molecule has 6 nitrogen and oxygen atoms in total. The summed E-state index contributed by atoms with van der Waals surface area (Å²) in [5, 5.41) is 7.56. The fraction of sp³-hybridized carbons (Fsp3) is 0.750. The van der Waals surface area contributed by atoms with Crippen LogP contribution in [-0.4, -0.2) is 52.9 Å². The average Bonchev–Trinajstić information content (AvgIpc) is 2.99. The van der Waals surface area contributed by atoms with Crippen molar-refractivity contribution in [2.45, 2.75) is 44.2 Å². The van der Waals surface area contributed by atoms with E-state index >= 15 is 0 Å². The molecule has 6 heteroatoms. The average molecular weight is 306 g/mol. The zero-order chi connectivity index (χ0) is 15.4. The zero-order valence-corrected chi connectivity index (χ0v) is 13.3. The highest BCUT2D eigenvalue weighted by molar-refractivity contribution is 5.78. The van der Waals surface area contributed by atoms with Crippen LogP contribution in [0, 0.1) is 0 Å². The van der Waals surface area contributed by atoms with Gasteiger partial charge >= 0.3 is 0 Å². The number of piperidine rings is 2. The van der Waals surface area contributed by atoms with Crippen molar-refractivity contribution in [3.8, 4) is 0 Å². The van der Waals surface area contributed by atoms with E-state index in [9.17, 15) is 4.79 Å². The number of carbonyl (C=O) groups is 1. The van der Waals surface area contributed by atoms with E-state index in [0.717, 1.165) is 57.4 Å². The summed E-state index contributed by atoms with van der Waals surface area (Å²) in [6.07, 6.45) is 7.28. The highest BCUT2D eigenvalue weighted by Crippen LogP contribution is 2.30. The second-order valence-corrected chi connectivity index (χ2v) is 6.24. The Morgan fingerprint density at radius 1 is 1.36 bits per heavy atom. The molecule has 0 radical (unpaired) electrons. The van der Waals surface area contributed by atoms with E-state index in [2.05, 4.69) is 10.4 Å². The Balaban J connectivity index is 1.60. The van der Waals surface area contributed by atoms with E-state index in [0.29, 0.717) is 0 Å². The van der Waals surface area contributed by atoms with Gasteiger partial charge < -0.3 is 15.0 Å². The van der Waals surface area contributed by atoms with E-state index < -0.39 is 0 Å². The van der Waals surface area contributed by atoms with Crippen LogP contribution >= 0.6 is 0 Å². The zero-order valence-electron chi connectivity index (χ0n) is 13.3. The van der Waals surface area contributed by atoms with Gasteiger partial charge in [0, 0.05) is 19.8 Å². The number of nitrogens with zero attached hydrogens (tertiary/aromatic N) is 3. The molecule has 0 aromatic carbocycles. The van der Waals surface area contributed by atoms with Crippen LogP contribution in [0.15, 0.2) is 12.3 Å². The van der Waals surface area contributed by atoms with Crippen molar-refractivity contribution in [2.24, 2.45) is 7.05 Å². The lowest BCUT2D eigenvalue weighted by Crippen LogP contribution is -2.42. The fourth-order valence-electron chi connectivity index (χ4n) is 3.48. The van der Waals surface area contributed by atoms with Gasteiger partial charge in [0.05, 0.1) is 17.8 Å². The van der Waals surface area contributed by atoms with Crippen molar-refractivity contribution in [3.05, 3.63) is 18.0 Å². The second-order valence-electron chi connectivity index (χ2n) is 6.24. The van der Waals surface area contributed by atoms with Gasteiger partial charge in [0.2, 0.25) is 5.91 Å². The minimum Gasteiger partial charge on any atom is -0.368 e. The standard InChI is InChI=1S/C16H26N4O2/c1-19-14(7-10-18-19)15-4-2-3-11-20(15)16(21)12-22-13-5-8-17-9-6-13/h7,10,13,15,17H,2-6,8-9,11-12H2,1H3. The normalized spacial score (nSPS) is 23.7. The van der Waals surface area contributed by atoms with Crippen LogP contribution < -0.4 is 5.32 Å². The fourth-order valence-corrected chi connectivity index (χ4v) is 3.48. The molecule has 1 aromatic heterocycles. The number of hydrogen-bond donors (Lipinski definition) is 1. The van der Waals surface area contributed by atoms with Gasteiger partial charge in [-0.15, -0.1) is 0 Å². The number of rotatable bonds is 4. The molecule has 0 aliphatic carbocycles. The summed E-state index contributed by atoms with van der Waals surface area (Å²) in [5.74, 6) is 0.115. The van der Waals surface area contributed by atoms with Crippen molar-refractivity contribution in [2.75, 3.05) is 26.2 Å². The Labute approximate surface area is 131 Å². The largest absolute Gasteiger partial charge is 0.368 e. The molecule has 1 amide bonds. The Kier molecular flexibility index (Phi) is 5.10. The van der Waals surface area contributed by atoms with E-state index in [1.807, 2.05) is 22.7 Å². The van der Waals surface area contributed by atoms with Crippen molar-refractivity contribution in [3.63, 3.8) is 0 Å². The monoisotopic (exact) mass is 306 g/mol. The summed E-state index contributed by atoms with van der Waals surface area (Å²) < 4.78 is 7.72. The molecule has 2 aliphatic rings. The van der Waals surface area contributed by atoms with Gasteiger partial charge in [0.1, 0.15) is 6.61 Å².